The number of halogens is 1. The third kappa shape index (κ3) is 3.33. The molecular weight excluding hydrogens is 381 g/mol. The van der Waals surface area contributed by atoms with Gasteiger partial charge >= 0.3 is 5.97 Å². The maximum absolute atomic E-state index is 14.8. The molecule has 1 aliphatic carbocycles. The molecule has 2 aromatic rings. The molecule has 2 fully saturated rings. The minimum Gasteiger partial charge on any atom is -0.477 e. The fourth-order valence-corrected chi connectivity index (χ4v) is 3.50. The fourth-order valence-electron chi connectivity index (χ4n) is 3.50. The number of pyridine rings is 2. The van der Waals surface area contributed by atoms with Crippen molar-refractivity contribution in [1.29, 1.82) is 0 Å². The molecule has 3 heterocycles. The second-order valence-corrected chi connectivity index (χ2v) is 7.01. The minimum absolute atomic E-state index is 0.0369. The Bertz CT molecular complexity index is 1120. The number of piperazine rings is 1. The number of aromatic carboxylic acids is 1. The predicted molar refractivity (Wildman–Crippen MR) is 103 cm³/mol. The van der Waals surface area contributed by atoms with E-state index in [2.05, 4.69) is 15.0 Å². The molecule has 2 aromatic heterocycles. The summed E-state index contributed by atoms with van der Waals surface area (Å²) in [5.74, 6) is -1.80. The molecule has 0 amide bonds. The summed E-state index contributed by atoms with van der Waals surface area (Å²) >= 11 is 0. The van der Waals surface area contributed by atoms with Crippen LogP contribution in [-0.2, 0) is 0 Å². The summed E-state index contributed by atoms with van der Waals surface area (Å²) in [5.41, 5.74) is 4.89. The lowest BCUT2D eigenvalue weighted by Gasteiger charge is -2.35. The molecule has 1 saturated carbocycles. The molecule has 10 nitrogen and oxygen atoms in total. The molecule has 29 heavy (non-hydrogen) atoms. The van der Waals surface area contributed by atoms with Crippen LogP contribution >= 0.6 is 0 Å². The van der Waals surface area contributed by atoms with Gasteiger partial charge in [-0.3, -0.25) is 4.79 Å². The number of carboxylic acids is 1. The maximum atomic E-state index is 14.8. The Morgan fingerprint density at radius 2 is 2.03 bits per heavy atom. The Balaban J connectivity index is 1.73. The van der Waals surface area contributed by atoms with Gasteiger partial charge in [0.25, 0.3) is 5.96 Å². The number of carbonyl (C=O) groups is 1. The van der Waals surface area contributed by atoms with Gasteiger partial charge in [-0.2, -0.15) is 6.57 Å². The third-order valence-electron chi connectivity index (χ3n) is 5.17. The molecule has 150 valence electrons. The topological polar surface area (TPSA) is 121 Å². The van der Waals surface area contributed by atoms with Gasteiger partial charge in [0.2, 0.25) is 5.43 Å². The summed E-state index contributed by atoms with van der Waals surface area (Å²) in [4.78, 5) is 34.7. The van der Waals surface area contributed by atoms with Gasteiger partial charge in [-0.15, -0.1) is 4.95 Å². The van der Waals surface area contributed by atoms with Gasteiger partial charge in [0, 0.05) is 38.4 Å². The number of aromatic nitrogens is 2. The Kier molecular flexibility index (Phi) is 4.54. The fraction of sp³-hybridized carbons (Fsp3) is 0.389. The lowest BCUT2D eigenvalue weighted by Crippen LogP contribution is -2.51. The zero-order chi connectivity index (χ0) is 20.7. The molecule has 0 spiro atoms. The van der Waals surface area contributed by atoms with E-state index in [1.165, 1.54) is 6.20 Å². The second-order valence-electron chi connectivity index (χ2n) is 7.01. The number of nitrogens with zero attached hydrogens (tertiary/aromatic N) is 6. The first-order valence-electron chi connectivity index (χ1n) is 9.09. The summed E-state index contributed by atoms with van der Waals surface area (Å²) in [6.45, 7) is 8.44. The van der Waals surface area contributed by atoms with Gasteiger partial charge < -0.3 is 25.2 Å². The smallest absolute Gasteiger partial charge is 0.341 e. The van der Waals surface area contributed by atoms with Crippen LogP contribution in [0.15, 0.2) is 22.2 Å². The SMILES string of the molecule is [C-]#[N+]N=C(N)N1CCN(c2nc3c(cc2F)c(=O)c(C(=O)O)cn3C2CC2)CC1. The van der Waals surface area contributed by atoms with Crippen molar-refractivity contribution in [3.05, 3.63) is 45.4 Å². The predicted octanol–water partition coefficient (Wildman–Crippen LogP) is 0.840. The summed E-state index contributed by atoms with van der Waals surface area (Å²) in [6, 6.07) is 1.13. The lowest BCUT2D eigenvalue weighted by molar-refractivity contribution is 0.0695. The van der Waals surface area contributed by atoms with E-state index in [4.69, 9.17) is 12.3 Å². The first kappa shape index (κ1) is 18.7. The summed E-state index contributed by atoms with van der Waals surface area (Å²) in [5, 5.41) is 12.8. The van der Waals surface area contributed by atoms with E-state index in [0.29, 0.717) is 26.2 Å². The summed E-state index contributed by atoms with van der Waals surface area (Å²) in [6.07, 6.45) is 3.01. The molecule has 4 rings (SSSR count). The molecule has 2 aliphatic rings. The highest BCUT2D eigenvalue weighted by Crippen LogP contribution is 2.37. The van der Waals surface area contributed by atoms with Crippen molar-refractivity contribution in [3.63, 3.8) is 0 Å². The van der Waals surface area contributed by atoms with Crippen molar-refractivity contribution in [2.75, 3.05) is 31.1 Å². The van der Waals surface area contributed by atoms with Crippen LogP contribution in [-0.4, -0.2) is 57.7 Å². The van der Waals surface area contributed by atoms with Crippen LogP contribution in [0.1, 0.15) is 29.2 Å². The molecule has 1 saturated heterocycles. The van der Waals surface area contributed by atoms with Gasteiger partial charge in [0.05, 0.1) is 5.39 Å². The monoisotopic (exact) mass is 399 g/mol. The zero-order valence-electron chi connectivity index (χ0n) is 15.4. The van der Waals surface area contributed by atoms with Gasteiger partial charge in [-0.1, -0.05) is 0 Å². The number of anilines is 1. The number of hydrogen-bond donors (Lipinski definition) is 2. The van der Waals surface area contributed by atoms with E-state index >= 15 is 0 Å². The molecule has 0 atom stereocenters. The molecule has 0 unspecified atom stereocenters. The quantitative estimate of drug-likeness (QED) is 0.339. The molecule has 3 N–H and O–H groups in total. The Hall–Kier alpha value is -3.68. The normalized spacial score (nSPS) is 17.4. The van der Waals surface area contributed by atoms with Crippen LogP contribution in [0.25, 0.3) is 16.0 Å². The van der Waals surface area contributed by atoms with E-state index in [-0.39, 0.29) is 34.4 Å². The highest BCUT2D eigenvalue weighted by Gasteiger charge is 2.29. The van der Waals surface area contributed by atoms with Gasteiger partial charge in [-0.25, -0.2) is 14.2 Å². The van der Waals surface area contributed by atoms with E-state index in [0.717, 1.165) is 18.9 Å². The highest BCUT2D eigenvalue weighted by molar-refractivity contribution is 5.92. The standard InChI is InChI=1S/C18H18FN7O3/c1-21-23-18(20)25-6-4-24(5-7-25)16-13(19)8-11-14(27)12(17(28)29)9-26(10-2-3-10)15(11)22-16/h8-10H,2-7H2,(H2,20,23)(H,28,29). The van der Waals surface area contributed by atoms with Crippen LogP contribution in [0, 0.1) is 12.4 Å². The first-order valence-corrected chi connectivity index (χ1v) is 9.09. The van der Waals surface area contributed by atoms with E-state index in [9.17, 15) is 19.1 Å². The summed E-state index contributed by atoms with van der Waals surface area (Å²) < 4.78 is 16.5. The molecule has 11 heteroatoms. The number of guanidine groups is 1. The van der Waals surface area contributed by atoms with Crippen molar-refractivity contribution in [2.24, 2.45) is 10.8 Å². The van der Waals surface area contributed by atoms with Gasteiger partial charge in [-0.05, 0) is 18.9 Å². The number of fused-ring (bicyclic) bond motifs is 1. The van der Waals surface area contributed by atoms with Gasteiger partial charge in [0.1, 0.15) is 16.3 Å². The third-order valence-corrected chi connectivity index (χ3v) is 5.17. The van der Waals surface area contributed by atoms with Crippen LogP contribution in [0.3, 0.4) is 0 Å². The summed E-state index contributed by atoms with van der Waals surface area (Å²) in [7, 11) is 0. The molecule has 0 radical (unpaired) electrons. The molecule has 0 aromatic carbocycles. The Morgan fingerprint density at radius 1 is 1.34 bits per heavy atom. The van der Waals surface area contributed by atoms with Crippen molar-refractivity contribution in [2.45, 2.75) is 18.9 Å². The van der Waals surface area contributed by atoms with Crippen LogP contribution in [0.4, 0.5) is 10.2 Å². The lowest BCUT2D eigenvalue weighted by atomic mass is 10.1. The van der Waals surface area contributed by atoms with E-state index in [1.807, 2.05) is 0 Å². The maximum Gasteiger partial charge on any atom is 0.341 e. The molecular formula is C18H18FN7O3. The number of carboxylic acid groups (broad SMARTS) is 1. The Morgan fingerprint density at radius 3 is 2.62 bits per heavy atom. The average molecular weight is 399 g/mol. The van der Waals surface area contributed by atoms with Crippen molar-refractivity contribution in [1.82, 2.24) is 14.5 Å². The minimum atomic E-state index is -1.34. The Labute approximate surface area is 164 Å². The number of hydrogen-bond acceptors (Lipinski definition) is 5. The highest BCUT2D eigenvalue weighted by atomic mass is 19.1. The van der Waals surface area contributed by atoms with Gasteiger partial charge in [0.15, 0.2) is 11.6 Å². The van der Waals surface area contributed by atoms with Crippen molar-refractivity contribution >= 4 is 28.8 Å². The van der Waals surface area contributed by atoms with Crippen molar-refractivity contribution in [3.8, 4) is 0 Å². The molecule has 0 bridgehead atoms. The number of rotatable bonds is 3. The second kappa shape index (κ2) is 7.05. The van der Waals surface area contributed by atoms with E-state index in [1.54, 1.807) is 14.4 Å². The zero-order valence-corrected chi connectivity index (χ0v) is 15.4. The largest absolute Gasteiger partial charge is 0.477 e. The van der Waals surface area contributed by atoms with Crippen molar-refractivity contribution < 1.29 is 14.3 Å². The number of nitrogens with two attached hydrogens (primary N) is 1. The van der Waals surface area contributed by atoms with Crippen LogP contribution < -0.4 is 16.1 Å². The average Bonchev–Trinajstić information content (AvgIpc) is 3.53. The van der Waals surface area contributed by atoms with E-state index < -0.39 is 17.2 Å². The first-order chi connectivity index (χ1) is 13.9. The van der Waals surface area contributed by atoms with Crippen LogP contribution in [0.2, 0.25) is 0 Å². The van der Waals surface area contributed by atoms with Crippen LogP contribution in [0.5, 0.6) is 0 Å². The molecule has 1 aliphatic heterocycles.